The van der Waals surface area contributed by atoms with Gasteiger partial charge in [-0.25, -0.2) is 0 Å². The van der Waals surface area contributed by atoms with E-state index in [0.717, 1.165) is 28.8 Å². The second-order valence-corrected chi connectivity index (χ2v) is 9.41. The van der Waals surface area contributed by atoms with Gasteiger partial charge < -0.3 is 0 Å². The SMILES string of the molecule is CC(C)(C)/[N+](O)=C/C1CCCC(C(=O)CC(CO)Cc2ccccc2)[C]1=[Pd]. The van der Waals surface area contributed by atoms with Crippen LogP contribution in [-0.2, 0) is 30.0 Å². The fraction of sp³-hybridized carbons (Fsp3) is 0.591. The first-order valence-electron chi connectivity index (χ1n) is 9.72. The molecular weight excluding hydrogens is 433 g/mol. The predicted molar refractivity (Wildman–Crippen MR) is 104 cm³/mol. The maximum atomic E-state index is 13.0. The van der Waals surface area contributed by atoms with Crippen LogP contribution in [0.5, 0.6) is 0 Å². The molecule has 152 valence electrons. The first kappa shape index (κ1) is 22.1. The molecule has 0 aliphatic heterocycles. The number of nitrogens with zero attached hydrogens (tertiary/aromatic N) is 1. The van der Waals surface area contributed by atoms with Crippen molar-refractivity contribution in [2.24, 2.45) is 17.8 Å². The summed E-state index contributed by atoms with van der Waals surface area (Å²) in [4.78, 5) is 13.0. The molecular formula is C22H32NO3Pd+. The third-order valence-electron chi connectivity index (χ3n) is 5.16. The molecule has 0 amide bonds. The molecule has 5 heteroatoms. The van der Waals surface area contributed by atoms with E-state index in [1.165, 1.54) is 4.74 Å². The molecule has 27 heavy (non-hydrogen) atoms. The average molecular weight is 465 g/mol. The summed E-state index contributed by atoms with van der Waals surface area (Å²) < 4.78 is 2.25. The zero-order valence-electron chi connectivity index (χ0n) is 16.5. The van der Waals surface area contributed by atoms with Gasteiger partial charge in [-0.1, -0.05) is 0 Å². The summed E-state index contributed by atoms with van der Waals surface area (Å²) in [6.45, 7) is 5.85. The summed E-state index contributed by atoms with van der Waals surface area (Å²) in [5, 5.41) is 20.0. The van der Waals surface area contributed by atoms with Gasteiger partial charge in [0, 0.05) is 0 Å². The van der Waals surface area contributed by atoms with Crippen LogP contribution < -0.4 is 0 Å². The van der Waals surface area contributed by atoms with Crippen molar-refractivity contribution in [1.82, 2.24) is 0 Å². The number of rotatable bonds is 7. The van der Waals surface area contributed by atoms with Crippen molar-refractivity contribution >= 4 is 16.0 Å². The molecule has 0 heterocycles. The van der Waals surface area contributed by atoms with Gasteiger partial charge in [-0.05, 0) is 0 Å². The molecule has 1 saturated carbocycles. The van der Waals surface area contributed by atoms with Crippen molar-refractivity contribution < 1.29 is 38.6 Å². The number of hydroxylamine groups is 1. The minimum atomic E-state index is -0.369. The Morgan fingerprint density at radius 2 is 1.96 bits per heavy atom. The molecule has 0 radical (unpaired) electrons. The van der Waals surface area contributed by atoms with Gasteiger partial charge in [0.05, 0.1) is 0 Å². The standard InChI is InChI=1S/C22H32NO3.Pd/c1-22(2,3)23(26)15-18-10-7-11-20(13-18)21(25)14-19(16-24)12-17-8-5-4-6-9-17;/h4-6,8-9,15,18-20,24,26H,7,10-12,14,16H2,1-3H3;/q+1;/b23-15-;. The van der Waals surface area contributed by atoms with Crippen molar-refractivity contribution in [3.63, 3.8) is 0 Å². The normalized spacial score (nSPS) is 22.6. The second-order valence-electron chi connectivity index (χ2n) is 8.51. The van der Waals surface area contributed by atoms with Crippen LogP contribution in [0.15, 0.2) is 30.3 Å². The number of carbonyl (C=O) groups is 1. The molecule has 2 rings (SSSR count). The third kappa shape index (κ3) is 6.45. The Morgan fingerprint density at radius 3 is 2.56 bits per heavy atom. The predicted octanol–water partition coefficient (Wildman–Crippen LogP) is 3.20. The Kier molecular flexibility index (Phi) is 8.09. The van der Waals surface area contributed by atoms with Crippen molar-refractivity contribution in [2.75, 3.05) is 6.61 Å². The molecule has 4 nitrogen and oxygen atoms in total. The van der Waals surface area contributed by atoms with Gasteiger partial charge in [0.1, 0.15) is 0 Å². The number of hydrogen-bond acceptors (Lipinski definition) is 3. The molecule has 1 aliphatic carbocycles. The summed E-state index contributed by atoms with van der Waals surface area (Å²) in [6, 6.07) is 10.00. The fourth-order valence-electron chi connectivity index (χ4n) is 3.47. The third-order valence-corrected chi connectivity index (χ3v) is 6.28. The number of Topliss-reactive ketones (excluding diaryl/α,β-unsaturated/α-hetero) is 1. The number of hydrogen-bond donors (Lipinski definition) is 2. The minimum absolute atomic E-state index is 0.0120. The van der Waals surface area contributed by atoms with Crippen molar-refractivity contribution in [2.45, 2.75) is 58.4 Å². The number of aliphatic hydroxyl groups is 1. The molecule has 0 aromatic heterocycles. The van der Waals surface area contributed by atoms with E-state index >= 15 is 0 Å². The van der Waals surface area contributed by atoms with Crippen LogP contribution in [0.4, 0.5) is 0 Å². The molecule has 1 aliphatic rings. The monoisotopic (exact) mass is 464 g/mol. The summed E-state index contributed by atoms with van der Waals surface area (Å²) in [7, 11) is 0. The van der Waals surface area contributed by atoms with Crippen LogP contribution in [0.3, 0.4) is 0 Å². The average Bonchev–Trinajstić information content (AvgIpc) is 2.62. The Labute approximate surface area is 173 Å². The van der Waals surface area contributed by atoms with Crippen molar-refractivity contribution in [1.29, 1.82) is 0 Å². The van der Waals surface area contributed by atoms with Gasteiger partial charge in [-0.15, -0.1) is 0 Å². The van der Waals surface area contributed by atoms with Gasteiger partial charge in [0.15, 0.2) is 0 Å². The molecule has 1 fully saturated rings. The molecule has 0 bridgehead atoms. The molecule has 1 aromatic carbocycles. The van der Waals surface area contributed by atoms with E-state index in [4.69, 9.17) is 0 Å². The number of ketones is 1. The topological polar surface area (TPSA) is 60.5 Å². The summed E-state index contributed by atoms with van der Waals surface area (Å²) in [6.07, 6.45) is 5.64. The number of aliphatic hydroxyl groups excluding tert-OH is 1. The fourth-order valence-corrected chi connectivity index (χ4v) is 4.29. The Balaban J connectivity index is 2.03. The molecule has 3 unspecified atom stereocenters. The Morgan fingerprint density at radius 1 is 1.30 bits per heavy atom. The van der Waals surface area contributed by atoms with Crippen LogP contribution >= 0.6 is 0 Å². The van der Waals surface area contributed by atoms with Crippen LogP contribution in [0.1, 0.15) is 52.0 Å². The van der Waals surface area contributed by atoms with E-state index in [1.54, 1.807) is 0 Å². The van der Waals surface area contributed by atoms with Gasteiger partial charge in [0.2, 0.25) is 0 Å². The Bertz CT molecular complexity index is 679. The second kappa shape index (κ2) is 9.87. The van der Waals surface area contributed by atoms with Gasteiger partial charge >= 0.3 is 173 Å². The first-order chi connectivity index (χ1) is 12.7. The summed E-state index contributed by atoms with van der Waals surface area (Å²) in [5.74, 6) is 0.0473. The van der Waals surface area contributed by atoms with Crippen LogP contribution in [0, 0.1) is 17.8 Å². The molecule has 1 aromatic rings. The molecule has 3 atom stereocenters. The number of carbonyl (C=O) groups excluding carboxylic acids is 1. The number of benzene rings is 1. The Hall–Kier alpha value is -1.15. The van der Waals surface area contributed by atoms with E-state index in [1.807, 2.05) is 57.3 Å². The summed E-state index contributed by atoms with van der Waals surface area (Å²) >= 11 is 3.34. The van der Waals surface area contributed by atoms with Crippen LogP contribution in [0.25, 0.3) is 0 Å². The van der Waals surface area contributed by atoms with Crippen LogP contribution in [-0.4, -0.2) is 43.2 Å². The van der Waals surface area contributed by atoms with E-state index in [2.05, 4.69) is 18.7 Å². The zero-order chi connectivity index (χ0) is 20.0. The van der Waals surface area contributed by atoms with Crippen molar-refractivity contribution in [3.05, 3.63) is 35.9 Å². The molecule has 0 saturated heterocycles. The van der Waals surface area contributed by atoms with E-state index in [-0.39, 0.29) is 35.7 Å². The quantitative estimate of drug-likeness (QED) is 0.214. The van der Waals surface area contributed by atoms with E-state index in [0.29, 0.717) is 12.8 Å². The van der Waals surface area contributed by atoms with Gasteiger partial charge in [-0.2, -0.15) is 0 Å². The van der Waals surface area contributed by atoms with Gasteiger partial charge in [0.25, 0.3) is 0 Å². The maximum absolute atomic E-state index is 13.0. The van der Waals surface area contributed by atoms with Crippen LogP contribution in [0.2, 0.25) is 0 Å². The molecule has 0 spiro atoms. The van der Waals surface area contributed by atoms with Crippen molar-refractivity contribution in [3.8, 4) is 0 Å². The van der Waals surface area contributed by atoms with Gasteiger partial charge in [-0.3, -0.25) is 0 Å². The zero-order valence-corrected chi connectivity index (χ0v) is 18.1. The van der Waals surface area contributed by atoms with E-state index < -0.39 is 0 Å². The first-order valence-corrected chi connectivity index (χ1v) is 10.5. The summed E-state index contributed by atoms with van der Waals surface area (Å²) in [5.41, 5.74) is 0.775. The van der Waals surface area contributed by atoms with E-state index in [9.17, 15) is 15.1 Å². The molecule has 2 N–H and O–H groups in total.